The maximum atomic E-state index is 12.6. The molecule has 0 aliphatic heterocycles. The number of rotatable bonds is 6. The third kappa shape index (κ3) is 4.72. The second-order valence-corrected chi connectivity index (χ2v) is 6.98. The Morgan fingerprint density at radius 1 is 1.21 bits per heavy atom. The van der Waals surface area contributed by atoms with Gasteiger partial charge in [0.1, 0.15) is 17.5 Å². The van der Waals surface area contributed by atoms with Crippen molar-refractivity contribution < 1.29 is 14.5 Å². The van der Waals surface area contributed by atoms with Gasteiger partial charge >= 0.3 is 0 Å². The van der Waals surface area contributed by atoms with Gasteiger partial charge in [-0.2, -0.15) is 5.10 Å². The largest absolute Gasteiger partial charge is 0.457 e. The van der Waals surface area contributed by atoms with Gasteiger partial charge in [-0.15, -0.1) is 0 Å². The lowest BCUT2D eigenvalue weighted by Gasteiger charge is -2.15. The predicted molar refractivity (Wildman–Crippen MR) is 110 cm³/mol. The molecule has 0 spiro atoms. The van der Waals surface area contributed by atoms with Crippen molar-refractivity contribution in [3.05, 3.63) is 75.1 Å². The van der Waals surface area contributed by atoms with Gasteiger partial charge < -0.3 is 10.1 Å². The quantitative estimate of drug-likeness (QED) is 0.449. The summed E-state index contributed by atoms with van der Waals surface area (Å²) in [5.74, 6) is 0.377. The van der Waals surface area contributed by atoms with E-state index in [2.05, 4.69) is 10.4 Å². The molecule has 1 unspecified atom stereocenters. The van der Waals surface area contributed by atoms with Gasteiger partial charge in [-0.3, -0.25) is 19.6 Å². The number of anilines is 1. The number of benzene rings is 2. The van der Waals surface area contributed by atoms with E-state index in [0.717, 1.165) is 5.56 Å². The number of nitrogens with one attached hydrogen (secondary N) is 1. The van der Waals surface area contributed by atoms with E-state index in [0.29, 0.717) is 16.5 Å². The number of nitrogens with zero attached hydrogens (tertiary/aromatic N) is 3. The van der Waals surface area contributed by atoms with Crippen molar-refractivity contribution in [3.63, 3.8) is 0 Å². The van der Waals surface area contributed by atoms with E-state index >= 15 is 0 Å². The number of carbonyl (C=O) groups excluding carboxylic acids is 1. The molecule has 3 rings (SSSR count). The number of hydrogen-bond acceptors (Lipinski definition) is 5. The minimum atomic E-state index is -0.664. The molecule has 2 aromatic carbocycles. The monoisotopic (exact) mass is 414 g/mol. The summed E-state index contributed by atoms with van der Waals surface area (Å²) in [7, 11) is 0. The number of nitro groups is 1. The number of halogens is 1. The van der Waals surface area contributed by atoms with Gasteiger partial charge in [-0.1, -0.05) is 29.3 Å². The van der Waals surface area contributed by atoms with Crippen molar-refractivity contribution >= 4 is 28.9 Å². The van der Waals surface area contributed by atoms with Crippen LogP contribution >= 0.6 is 11.6 Å². The average molecular weight is 415 g/mol. The van der Waals surface area contributed by atoms with Crippen molar-refractivity contribution in [2.45, 2.75) is 26.8 Å². The smallest absolute Gasteiger partial charge is 0.275 e. The van der Waals surface area contributed by atoms with Crippen molar-refractivity contribution in [1.29, 1.82) is 0 Å². The van der Waals surface area contributed by atoms with Crippen LogP contribution in [0.3, 0.4) is 0 Å². The van der Waals surface area contributed by atoms with Crippen LogP contribution in [0.5, 0.6) is 11.5 Å². The highest BCUT2D eigenvalue weighted by Gasteiger charge is 2.20. The topological polar surface area (TPSA) is 99.3 Å². The molecule has 8 nitrogen and oxygen atoms in total. The van der Waals surface area contributed by atoms with E-state index in [1.165, 1.54) is 29.1 Å². The van der Waals surface area contributed by atoms with Crippen LogP contribution in [-0.4, -0.2) is 20.6 Å². The minimum absolute atomic E-state index is 0.198. The molecule has 0 radical (unpaired) electrons. The zero-order valence-corrected chi connectivity index (χ0v) is 16.8. The fraction of sp³-hybridized carbons (Fsp3) is 0.200. The van der Waals surface area contributed by atoms with Gasteiger partial charge in [0.2, 0.25) is 5.91 Å². The molecule has 0 bridgehead atoms. The van der Waals surface area contributed by atoms with Gasteiger partial charge in [0.15, 0.2) is 0 Å². The summed E-state index contributed by atoms with van der Waals surface area (Å²) in [4.78, 5) is 23.4. The molecule has 1 amide bonds. The van der Waals surface area contributed by atoms with Crippen LogP contribution in [0.25, 0.3) is 0 Å². The van der Waals surface area contributed by atoms with E-state index in [1.807, 2.05) is 19.1 Å². The molecule has 0 saturated heterocycles. The SMILES string of the molecule is Cc1ccc(Oc2cc(NC(=O)C(C)n3ncc(Cl)c3C)cc([N+](=O)[O-])c2)cc1. The summed E-state index contributed by atoms with van der Waals surface area (Å²) in [5.41, 5.74) is 1.76. The number of ether oxygens (including phenoxy) is 1. The van der Waals surface area contributed by atoms with Gasteiger partial charge in [0.05, 0.1) is 33.6 Å². The van der Waals surface area contributed by atoms with Crippen LogP contribution in [0.4, 0.5) is 11.4 Å². The number of carbonyl (C=O) groups is 1. The van der Waals surface area contributed by atoms with E-state index in [4.69, 9.17) is 16.3 Å². The summed E-state index contributed by atoms with van der Waals surface area (Å²) in [5, 5.41) is 18.5. The Morgan fingerprint density at radius 3 is 2.48 bits per heavy atom. The summed E-state index contributed by atoms with van der Waals surface area (Å²) in [6.07, 6.45) is 1.46. The first-order valence-corrected chi connectivity index (χ1v) is 9.17. The lowest BCUT2D eigenvalue weighted by molar-refractivity contribution is -0.384. The standard InChI is InChI=1S/C20H19ClN4O4/c1-12-4-6-17(7-5-12)29-18-9-15(8-16(10-18)25(27)28)23-20(26)14(3)24-13(2)19(21)11-22-24/h4-11,14H,1-3H3,(H,23,26). The van der Waals surface area contributed by atoms with Gasteiger partial charge in [-0.25, -0.2) is 0 Å². The number of nitro benzene ring substituents is 1. The van der Waals surface area contributed by atoms with Crippen molar-refractivity contribution in [2.75, 3.05) is 5.32 Å². The van der Waals surface area contributed by atoms with Crippen LogP contribution < -0.4 is 10.1 Å². The molecule has 1 atom stereocenters. The molecule has 3 aromatic rings. The van der Waals surface area contributed by atoms with Crippen molar-refractivity contribution in [2.24, 2.45) is 0 Å². The Hall–Kier alpha value is -3.39. The molecule has 150 valence electrons. The van der Waals surface area contributed by atoms with Gasteiger partial charge in [0, 0.05) is 12.1 Å². The van der Waals surface area contributed by atoms with Gasteiger partial charge in [0.25, 0.3) is 5.69 Å². The Labute approximate surface area is 172 Å². The maximum absolute atomic E-state index is 12.6. The number of aryl methyl sites for hydroxylation is 1. The Balaban J connectivity index is 1.85. The minimum Gasteiger partial charge on any atom is -0.457 e. The van der Waals surface area contributed by atoms with E-state index in [9.17, 15) is 14.9 Å². The van der Waals surface area contributed by atoms with Crippen molar-refractivity contribution in [1.82, 2.24) is 9.78 Å². The number of aromatic nitrogens is 2. The molecule has 1 aromatic heterocycles. The predicted octanol–water partition coefficient (Wildman–Crippen LogP) is 5.05. The lowest BCUT2D eigenvalue weighted by atomic mass is 10.2. The fourth-order valence-electron chi connectivity index (χ4n) is 2.71. The highest BCUT2D eigenvalue weighted by atomic mass is 35.5. The summed E-state index contributed by atoms with van der Waals surface area (Å²) in [6, 6.07) is 10.7. The van der Waals surface area contributed by atoms with E-state index in [-0.39, 0.29) is 17.1 Å². The fourth-order valence-corrected chi connectivity index (χ4v) is 2.84. The number of non-ortho nitro benzene ring substituents is 1. The third-order valence-corrected chi connectivity index (χ3v) is 4.73. The first kappa shape index (κ1) is 20.3. The molecule has 9 heteroatoms. The van der Waals surface area contributed by atoms with Crippen LogP contribution in [0.2, 0.25) is 5.02 Å². The summed E-state index contributed by atoms with van der Waals surface area (Å²) in [6.45, 7) is 5.35. The molecule has 0 aliphatic carbocycles. The van der Waals surface area contributed by atoms with Crippen LogP contribution in [0.1, 0.15) is 24.2 Å². The highest BCUT2D eigenvalue weighted by molar-refractivity contribution is 6.31. The second kappa shape index (κ2) is 8.32. The lowest BCUT2D eigenvalue weighted by Crippen LogP contribution is -2.25. The first-order valence-electron chi connectivity index (χ1n) is 8.79. The van der Waals surface area contributed by atoms with Crippen molar-refractivity contribution in [3.8, 4) is 11.5 Å². The normalized spacial score (nSPS) is 11.7. The Morgan fingerprint density at radius 2 is 1.90 bits per heavy atom. The molecule has 1 heterocycles. The molecule has 1 N–H and O–H groups in total. The Kier molecular flexibility index (Phi) is 5.84. The zero-order chi connectivity index (χ0) is 21.1. The second-order valence-electron chi connectivity index (χ2n) is 6.58. The summed E-state index contributed by atoms with van der Waals surface area (Å²) >= 11 is 5.99. The average Bonchev–Trinajstić information content (AvgIpc) is 3.01. The van der Waals surface area contributed by atoms with Crippen LogP contribution in [-0.2, 0) is 4.79 Å². The molecular weight excluding hydrogens is 396 g/mol. The maximum Gasteiger partial charge on any atom is 0.275 e. The molecule has 29 heavy (non-hydrogen) atoms. The molecular formula is C20H19ClN4O4. The van der Waals surface area contributed by atoms with E-state index < -0.39 is 16.9 Å². The molecule has 0 fully saturated rings. The number of hydrogen-bond donors (Lipinski definition) is 1. The number of amides is 1. The van der Waals surface area contributed by atoms with E-state index in [1.54, 1.807) is 26.0 Å². The molecule has 0 aliphatic rings. The Bertz CT molecular complexity index is 1060. The van der Waals surface area contributed by atoms with Crippen LogP contribution in [0, 0.1) is 24.0 Å². The first-order chi connectivity index (χ1) is 13.7. The summed E-state index contributed by atoms with van der Waals surface area (Å²) < 4.78 is 7.21. The third-order valence-electron chi connectivity index (χ3n) is 4.36. The zero-order valence-electron chi connectivity index (χ0n) is 16.0. The van der Waals surface area contributed by atoms with Gasteiger partial charge in [-0.05, 0) is 32.9 Å². The highest BCUT2D eigenvalue weighted by Crippen LogP contribution is 2.30. The van der Waals surface area contributed by atoms with Crippen LogP contribution in [0.15, 0.2) is 48.7 Å². The molecule has 0 saturated carbocycles.